The van der Waals surface area contributed by atoms with Gasteiger partial charge in [-0.3, -0.25) is 4.79 Å². The van der Waals surface area contributed by atoms with Crippen LogP contribution in [0.1, 0.15) is 30.9 Å². The Bertz CT molecular complexity index is 342. The molecule has 0 fully saturated rings. The van der Waals surface area contributed by atoms with E-state index in [1.54, 1.807) is 12.1 Å². The first-order chi connectivity index (χ1) is 6.50. The standard InChI is InChI=1S/C11H14O3/c1-7(2)8-3-4-10(12)9(5-8)6-11(13)14/h3-5,7,12H,6H2,1-2H3,(H,13,14). The Morgan fingerprint density at radius 2 is 2.07 bits per heavy atom. The van der Waals surface area contributed by atoms with Crippen molar-refractivity contribution in [2.45, 2.75) is 26.2 Å². The maximum absolute atomic E-state index is 10.5. The van der Waals surface area contributed by atoms with Gasteiger partial charge in [-0.1, -0.05) is 26.0 Å². The van der Waals surface area contributed by atoms with Crippen LogP contribution in [0.3, 0.4) is 0 Å². The van der Waals surface area contributed by atoms with Crippen LogP contribution in [0.2, 0.25) is 0 Å². The second-order valence-corrected chi connectivity index (χ2v) is 3.61. The summed E-state index contributed by atoms with van der Waals surface area (Å²) in [4.78, 5) is 10.5. The lowest BCUT2D eigenvalue weighted by atomic mass is 9.99. The highest BCUT2D eigenvalue weighted by Crippen LogP contribution is 2.23. The van der Waals surface area contributed by atoms with E-state index in [2.05, 4.69) is 0 Å². The number of aromatic hydroxyl groups is 1. The molecular formula is C11H14O3. The van der Waals surface area contributed by atoms with Gasteiger partial charge in [-0.25, -0.2) is 0 Å². The van der Waals surface area contributed by atoms with E-state index < -0.39 is 5.97 Å². The van der Waals surface area contributed by atoms with Gasteiger partial charge in [0, 0.05) is 5.56 Å². The Labute approximate surface area is 83.0 Å². The predicted octanol–water partition coefficient (Wildman–Crippen LogP) is 2.14. The van der Waals surface area contributed by atoms with E-state index in [0.29, 0.717) is 11.5 Å². The first-order valence-electron chi connectivity index (χ1n) is 4.54. The fourth-order valence-electron chi connectivity index (χ4n) is 1.27. The largest absolute Gasteiger partial charge is 0.508 e. The van der Waals surface area contributed by atoms with Crippen LogP contribution in [-0.2, 0) is 11.2 Å². The third-order valence-electron chi connectivity index (χ3n) is 2.11. The third-order valence-corrected chi connectivity index (χ3v) is 2.11. The highest BCUT2D eigenvalue weighted by Gasteiger charge is 2.08. The molecule has 0 saturated carbocycles. The van der Waals surface area contributed by atoms with Crippen molar-refractivity contribution >= 4 is 5.97 Å². The first-order valence-corrected chi connectivity index (χ1v) is 4.54. The summed E-state index contributed by atoms with van der Waals surface area (Å²) < 4.78 is 0. The number of benzene rings is 1. The number of carboxylic acids is 1. The SMILES string of the molecule is CC(C)c1ccc(O)c(CC(=O)O)c1. The molecular weight excluding hydrogens is 180 g/mol. The van der Waals surface area contributed by atoms with Gasteiger partial charge in [0.15, 0.2) is 0 Å². The topological polar surface area (TPSA) is 57.5 Å². The van der Waals surface area contributed by atoms with E-state index in [9.17, 15) is 9.90 Å². The lowest BCUT2D eigenvalue weighted by Crippen LogP contribution is -2.01. The Kier molecular flexibility index (Phi) is 3.12. The zero-order valence-electron chi connectivity index (χ0n) is 8.32. The minimum Gasteiger partial charge on any atom is -0.508 e. The van der Waals surface area contributed by atoms with Crippen LogP contribution in [-0.4, -0.2) is 16.2 Å². The molecule has 0 atom stereocenters. The maximum Gasteiger partial charge on any atom is 0.307 e. The van der Waals surface area contributed by atoms with Gasteiger partial charge in [0.1, 0.15) is 5.75 Å². The van der Waals surface area contributed by atoms with Crippen molar-refractivity contribution in [3.8, 4) is 5.75 Å². The van der Waals surface area contributed by atoms with Crippen LogP contribution in [0.15, 0.2) is 18.2 Å². The minimum atomic E-state index is -0.929. The molecule has 0 radical (unpaired) electrons. The van der Waals surface area contributed by atoms with Crippen molar-refractivity contribution in [1.82, 2.24) is 0 Å². The van der Waals surface area contributed by atoms with E-state index in [1.165, 1.54) is 0 Å². The van der Waals surface area contributed by atoms with E-state index in [-0.39, 0.29) is 12.2 Å². The molecule has 0 saturated heterocycles. The number of phenols is 1. The molecule has 14 heavy (non-hydrogen) atoms. The predicted molar refractivity (Wildman–Crippen MR) is 53.5 cm³/mol. The van der Waals surface area contributed by atoms with Crippen LogP contribution in [0.5, 0.6) is 5.75 Å². The van der Waals surface area contributed by atoms with Crippen LogP contribution >= 0.6 is 0 Å². The van der Waals surface area contributed by atoms with Crippen LogP contribution in [0.4, 0.5) is 0 Å². The van der Waals surface area contributed by atoms with Crippen molar-refractivity contribution in [2.24, 2.45) is 0 Å². The average Bonchev–Trinajstić information content (AvgIpc) is 2.07. The molecule has 0 aliphatic heterocycles. The Morgan fingerprint density at radius 1 is 1.43 bits per heavy atom. The van der Waals surface area contributed by atoms with Gasteiger partial charge in [-0.05, 0) is 17.5 Å². The Hall–Kier alpha value is -1.51. The highest BCUT2D eigenvalue weighted by atomic mass is 16.4. The molecule has 0 aliphatic rings. The number of rotatable bonds is 3. The average molecular weight is 194 g/mol. The summed E-state index contributed by atoms with van der Waals surface area (Å²) in [5, 5.41) is 18.0. The quantitative estimate of drug-likeness (QED) is 0.775. The molecule has 0 spiro atoms. The molecule has 3 nitrogen and oxygen atoms in total. The molecule has 0 unspecified atom stereocenters. The maximum atomic E-state index is 10.5. The van der Waals surface area contributed by atoms with Gasteiger partial charge in [-0.15, -0.1) is 0 Å². The van der Waals surface area contributed by atoms with Crippen LogP contribution < -0.4 is 0 Å². The molecule has 0 aliphatic carbocycles. The summed E-state index contributed by atoms with van der Waals surface area (Å²) in [5.74, 6) is -0.541. The third kappa shape index (κ3) is 2.49. The summed E-state index contributed by atoms with van der Waals surface area (Å²) in [6, 6.07) is 5.10. The van der Waals surface area contributed by atoms with E-state index in [4.69, 9.17) is 5.11 Å². The zero-order valence-corrected chi connectivity index (χ0v) is 8.32. The molecule has 0 bridgehead atoms. The van der Waals surface area contributed by atoms with Gasteiger partial charge in [0.25, 0.3) is 0 Å². The zero-order chi connectivity index (χ0) is 10.7. The van der Waals surface area contributed by atoms with Gasteiger partial charge < -0.3 is 10.2 Å². The normalized spacial score (nSPS) is 10.5. The lowest BCUT2D eigenvalue weighted by molar-refractivity contribution is -0.136. The van der Waals surface area contributed by atoms with Gasteiger partial charge in [-0.2, -0.15) is 0 Å². The Balaban J connectivity index is 3.02. The van der Waals surface area contributed by atoms with E-state index >= 15 is 0 Å². The van der Waals surface area contributed by atoms with Gasteiger partial charge in [0.05, 0.1) is 6.42 Å². The summed E-state index contributed by atoms with van der Waals surface area (Å²) in [6.45, 7) is 4.05. The number of carbonyl (C=O) groups is 1. The Morgan fingerprint density at radius 3 is 2.57 bits per heavy atom. The molecule has 3 heteroatoms. The summed E-state index contributed by atoms with van der Waals surface area (Å²) in [5.41, 5.74) is 1.52. The van der Waals surface area contributed by atoms with Gasteiger partial charge >= 0.3 is 5.97 Å². The second-order valence-electron chi connectivity index (χ2n) is 3.61. The lowest BCUT2D eigenvalue weighted by Gasteiger charge is -2.08. The molecule has 0 amide bonds. The number of phenolic OH excluding ortho intramolecular Hbond substituents is 1. The molecule has 76 valence electrons. The number of aliphatic carboxylic acids is 1. The molecule has 0 heterocycles. The van der Waals surface area contributed by atoms with E-state index in [0.717, 1.165) is 5.56 Å². The van der Waals surface area contributed by atoms with Crippen molar-refractivity contribution in [2.75, 3.05) is 0 Å². The molecule has 0 aromatic heterocycles. The summed E-state index contributed by atoms with van der Waals surface area (Å²) >= 11 is 0. The second kappa shape index (κ2) is 4.13. The smallest absolute Gasteiger partial charge is 0.307 e. The number of hydrogen-bond donors (Lipinski definition) is 2. The van der Waals surface area contributed by atoms with E-state index in [1.807, 2.05) is 19.9 Å². The van der Waals surface area contributed by atoms with Crippen molar-refractivity contribution < 1.29 is 15.0 Å². The fourth-order valence-corrected chi connectivity index (χ4v) is 1.27. The monoisotopic (exact) mass is 194 g/mol. The van der Waals surface area contributed by atoms with Crippen LogP contribution in [0.25, 0.3) is 0 Å². The van der Waals surface area contributed by atoms with Gasteiger partial charge in [0.2, 0.25) is 0 Å². The van der Waals surface area contributed by atoms with Crippen molar-refractivity contribution in [3.05, 3.63) is 29.3 Å². The molecule has 1 aromatic carbocycles. The number of carboxylic acid groups (broad SMARTS) is 1. The fraction of sp³-hybridized carbons (Fsp3) is 0.364. The molecule has 2 N–H and O–H groups in total. The van der Waals surface area contributed by atoms with Crippen LogP contribution in [0, 0.1) is 0 Å². The number of hydrogen-bond acceptors (Lipinski definition) is 2. The van der Waals surface area contributed by atoms with Crippen molar-refractivity contribution in [1.29, 1.82) is 0 Å². The molecule has 1 rings (SSSR count). The molecule has 1 aromatic rings. The summed E-state index contributed by atoms with van der Waals surface area (Å²) in [7, 11) is 0. The van der Waals surface area contributed by atoms with Crippen molar-refractivity contribution in [3.63, 3.8) is 0 Å². The minimum absolute atomic E-state index is 0.0526. The highest BCUT2D eigenvalue weighted by molar-refractivity contribution is 5.71. The first kappa shape index (κ1) is 10.6. The summed E-state index contributed by atoms with van der Waals surface area (Å²) in [6.07, 6.45) is -0.133.